The summed E-state index contributed by atoms with van der Waals surface area (Å²) in [6.07, 6.45) is 6.36. The van der Waals surface area contributed by atoms with Gasteiger partial charge in [0.15, 0.2) is 0 Å². The van der Waals surface area contributed by atoms with Gasteiger partial charge in [-0.3, -0.25) is 14.6 Å². The van der Waals surface area contributed by atoms with Crippen LogP contribution in [0.2, 0.25) is 0 Å². The summed E-state index contributed by atoms with van der Waals surface area (Å²) in [4.78, 5) is 38.6. The predicted molar refractivity (Wildman–Crippen MR) is 126 cm³/mol. The molecule has 0 N–H and O–H groups in total. The van der Waals surface area contributed by atoms with Gasteiger partial charge in [-0.15, -0.1) is 0 Å². The Morgan fingerprint density at radius 1 is 1.09 bits per heavy atom. The van der Waals surface area contributed by atoms with E-state index >= 15 is 0 Å². The van der Waals surface area contributed by atoms with E-state index in [1.54, 1.807) is 29.4 Å². The van der Waals surface area contributed by atoms with Gasteiger partial charge >= 0.3 is 0 Å². The van der Waals surface area contributed by atoms with Crippen LogP contribution in [0, 0.1) is 0 Å². The molecular weight excluding hydrogens is 416 g/mol. The molecule has 2 aromatic heterocycles. The Kier molecular flexibility index (Phi) is 6.98. The highest BCUT2D eigenvalue weighted by atomic mass is 16.5. The molecule has 2 amide bonds. The molecule has 1 aliphatic rings. The van der Waals surface area contributed by atoms with Crippen LogP contribution in [-0.4, -0.2) is 64.4 Å². The van der Waals surface area contributed by atoms with Gasteiger partial charge in [0, 0.05) is 50.7 Å². The van der Waals surface area contributed by atoms with Gasteiger partial charge in [-0.25, -0.2) is 4.98 Å². The molecule has 0 radical (unpaired) electrons. The summed E-state index contributed by atoms with van der Waals surface area (Å²) in [5, 5.41) is 0. The fourth-order valence-corrected chi connectivity index (χ4v) is 4.21. The van der Waals surface area contributed by atoms with Crippen molar-refractivity contribution in [2.24, 2.45) is 0 Å². The number of methoxy groups -OCH3 is 1. The minimum Gasteiger partial charge on any atom is -0.481 e. The van der Waals surface area contributed by atoms with Gasteiger partial charge in [-0.1, -0.05) is 31.2 Å². The third kappa shape index (κ3) is 5.03. The van der Waals surface area contributed by atoms with Gasteiger partial charge in [0.1, 0.15) is 6.04 Å². The van der Waals surface area contributed by atoms with Gasteiger partial charge < -0.3 is 14.5 Å². The summed E-state index contributed by atoms with van der Waals surface area (Å²) in [6, 6.07) is 14.8. The zero-order valence-electron chi connectivity index (χ0n) is 19.0. The first-order valence-electron chi connectivity index (χ1n) is 11.2. The van der Waals surface area contributed by atoms with E-state index in [1.165, 1.54) is 13.3 Å². The van der Waals surface area contributed by atoms with Crippen molar-refractivity contribution in [3.05, 3.63) is 78.2 Å². The molecule has 170 valence electrons. The number of hydrogen-bond acceptors (Lipinski definition) is 5. The van der Waals surface area contributed by atoms with E-state index in [4.69, 9.17) is 4.74 Å². The van der Waals surface area contributed by atoms with Gasteiger partial charge in [0.2, 0.25) is 11.8 Å². The highest BCUT2D eigenvalue weighted by Gasteiger charge is 2.37. The van der Waals surface area contributed by atoms with E-state index in [2.05, 4.69) is 23.0 Å². The van der Waals surface area contributed by atoms with Crippen LogP contribution >= 0.6 is 0 Å². The number of rotatable bonds is 7. The normalized spacial score (nSPS) is 16.1. The monoisotopic (exact) mass is 444 g/mol. The Labute approximate surface area is 194 Å². The Bertz CT molecular complexity index is 1100. The lowest BCUT2D eigenvalue weighted by Crippen LogP contribution is -2.59. The summed E-state index contributed by atoms with van der Waals surface area (Å²) in [7, 11) is 1.53. The van der Waals surface area contributed by atoms with Crippen molar-refractivity contribution in [2.75, 3.05) is 26.7 Å². The maximum atomic E-state index is 13.4. The Morgan fingerprint density at radius 3 is 2.61 bits per heavy atom. The van der Waals surface area contributed by atoms with Gasteiger partial charge in [0.05, 0.1) is 12.7 Å². The summed E-state index contributed by atoms with van der Waals surface area (Å²) in [6.45, 7) is 3.78. The zero-order valence-corrected chi connectivity index (χ0v) is 19.0. The minimum absolute atomic E-state index is 0.00719. The van der Waals surface area contributed by atoms with Gasteiger partial charge in [0.25, 0.3) is 5.91 Å². The van der Waals surface area contributed by atoms with Crippen molar-refractivity contribution in [3.63, 3.8) is 0 Å². The first-order chi connectivity index (χ1) is 16.1. The first-order valence-corrected chi connectivity index (χ1v) is 11.2. The summed E-state index contributed by atoms with van der Waals surface area (Å²) in [5.74, 6) is 0.247. The van der Waals surface area contributed by atoms with E-state index in [-0.39, 0.29) is 11.8 Å². The average Bonchev–Trinajstić information content (AvgIpc) is 2.87. The second kappa shape index (κ2) is 10.3. The van der Waals surface area contributed by atoms with Crippen LogP contribution in [0.3, 0.4) is 0 Å². The van der Waals surface area contributed by atoms with Crippen molar-refractivity contribution < 1.29 is 14.3 Å². The number of carbonyl (C=O) groups excluding carboxylic acids is 2. The van der Waals surface area contributed by atoms with E-state index in [0.29, 0.717) is 37.5 Å². The fourth-order valence-electron chi connectivity index (χ4n) is 4.21. The molecule has 1 aliphatic heterocycles. The van der Waals surface area contributed by atoms with Crippen molar-refractivity contribution >= 4 is 11.8 Å². The Morgan fingerprint density at radius 2 is 1.91 bits per heavy atom. The molecular formula is C26H28N4O3. The molecule has 3 heterocycles. The SMILES string of the molecule is CCCN1CCN(C(=O)c2ccc(OC)nc2)C(Cc2cccc(-c3ccncc3)c2)C1=O. The second-order valence-corrected chi connectivity index (χ2v) is 8.07. The zero-order chi connectivity index (χ0) is 23.2. The van der Waals surface area contributed by atoms with E-state index in [1.807, 2.05) is 35.2 Å². The number of ether oxygens (including phenoxy) is 1. The molecule has 4 rings (SSSR count). The number of hydrogen-bond donors (Lipinski definition) is 0. The van der Waals surface area contributed by atoms with Gasteiger partial charge in [-0.05, 0) is 41.3 Å². The Balaban J connectivity index is 1.62. The lowest BCUT2D eigenvalue weighted by atomic mass is 9.97. The van der Waals surface area contributed by atoms with Crippen LogP contribution < -0.4 is 4.74 Å². The number of aromatic nitrogens is 2. The lowest BCUT2D eigenvalue weighted by Gasteiger charge is -2.40. The number of carbonyl (C=O) groups is 2. The molecule has 0 saturated carbocycles. The predicted octanol–water partition coefficient (Wildman–Crippen LogP) is 3.46. The number of piperazine rings is 1. The standard InChI is InChI=1S/C26H28N4O3/c1-3-13-29-14-15-30(25(31)22-7-8-24(33-2)28-18-22)23(26(29)32)17-19-5-4-6-21(16-19)20-9-11-27-12-10-20/h4-12,16,18,23H,3,13-15,17H2,1-2H3. The molecule has 1 fully saturated rings. The maximum absolute atomic E-state index is 13.4. The molecule has 1 unspecified atom stereocenters. The fraction of sp³-hybridized carbons (Fsp3) is 0.308. The quantitative estimate of drug-likeness (QED) is 0.558. The first kappa shape index (κ1) is 22.5. The number of amides is 2. The smallest absolute Gasteiger partial charge is 0.256 e. The summed E-state index contributed by atoms with van der Waals surface area (Å²) >= 11 is 0. The Hall–Kier alpha value is -3.74. The summed E-state index contributed by atoms with van der Waals surface area (Å²) < 4.78 is 5.10. The molecule has 0 spiro atoms. The van der Waals surface area contributed by atoms with E-state index in [0.717, 1.165) is 23.1 Å². The van der Waals surface area contributed by atoms with E-state index < -0.39 is 6.04 Å². The van der Waals surface area contributed by atoms with Crippen molar-refractivity contribution in [3.8, 4) is 17.0 Å². The molecule has 1 saturated heterocycles. The third-order valence-corrected chi connectivity index (χ3v) is 5.90. The van der Waals surface area contributed by atoms with Crippen molar-refractivity contribution in [1.82, 2.24) is 19.8 Å². The molecule has 33 heavy (non-hydrogen) atoms. The topological polar surface area (TPSA) is 75.6 Å². The van der Waals surface area contributed by atoms with Crippen LogP contribution in [0.4, 0.5) is 0 Å². The molecule has 1 atom stereocenters. The number of pyridine rings is 2. The number of nitrogens with zero attached hydrogens (tertiary/aromatic N) is 4. The van der Waals surface area contributed by atoms with Crippen LogP contribution in [0.25, 0.3) is 11.1 Å². The third-order valence-electron chi connectivity index (χ3n) is 5.90. The molecule has 7 heteroatoms. The number of benzene rings is 1. The minimum atomic E-state index is -0.562. The van der Waals surface area contributed by atoms with E-state index in [9.17, 15) is 9.59 Å². The molecule has 1 aromatic carbocycles. The highest BCUT2D eigenvalue weighted by Crippen LogP contribution is 2.24. The lowest BCUT2D eigenvalue weighted by molar-refractivity contribution is -0.140. The maximum Gasteiger partial charge on any atom is 0.256 e. The molecule has 3 aromatic rings. The molecule has 0 aliphatic carbocycles. The van der Waals surface area contributed by atoms with Crippen LogP contribution in [-0.2, 0) is 11.2 Å². The highest BCUT2D eigenvalue weighted by molar-refractivity contribution is 5.98. The molecule has 0 bridgehead atoms. The van der Waals surface area contributed by atoms with Gasteiger partial charge in [-0.2, -0.15) is 0 Å². The van der Waals surface area contributed by atoms with Crippen LogP contribution in [0.1, 0.15) is 29.3 Å². The van der Waals surface area contributed by atoms with Crippen molar-refractivity contribution in [1.29, 1.82) is 0 Å². The average molecular weight is 445 g/mol. The summed E-state index contributed by atoms with van der Waals surface area (Å²) in [5.41, 5.74) is 3.57. The second-order valence-electron chi connectivity index (χ2n) is 8.07. The van der Waals surface area contributed by atoms with Crippen LogP contribution in [0.5, 0.6) is 5.88 Å². The largest absolute Gasteiger partial charge is 0.481 e. The van der Waals surface area contributed by atoms with Crippen molar-refractivity contribution in [2.45, 2.75) is 25.8 Å². The van der Waals surface area contributed by atoms with Crippen LogP contribution in [0.15, 0.2) is 67.1 Å². The molecule has 7 nitrogen and oxygen atoms in total.